The van der Waals surface area contributed by atoms with Gasteiger partial charge in [-0.3, -0.25) is 0 Å². The largest absolute Gasteiger partial charge is 0.147 e. The van der Waals surface area contributed by atoms with Crippen LogP contribution in [0.25, 0.3) is 34.4 Å². The van der Waals surface area contributed by atoms with Crippen molar-refractivity contribution >= 4 is 59.8 Å². The molecule has 6 rings (SSSR count). The van der Waals surface area contributed by atoms with E-state index in [0.717, 1.165) is 0 Å². The van der Waals surface area contributed by atoms with Crippen molar-refractivity contribution in [3.8, 4) is 22.3 Å². The van der Waals surface area contributed by atoms with Crippen molar-refractivity contribution in [2.24, 2.45) is 5.92 Å². The molecule has 2 aliphatic carbocycles. The molecular formula is C44H55BrCl2SiZr. The molecule has 0 aliphatic heterocycles. The molecule has 0 spiro atoms. The van der Waals surface area contributed by atoms with Crippen molar-refractivity contribution in [2.45, 2.75) is 89.7 Å². The van der Waals surface area contributed by atoms with Gasteiger partial charge in [0, 0.05) is 0 Å². The first kappa shape index (κ1) is 40.3. The summed E-state index contributed by atoms with van der Waals surface area (Å²) in [6.45, 7) is 23.4. The minimum Gasteiger partial charge on any atom is -0.147 e. The van der Waals surface area contributed by atoms with Crippen LogP contribution >= 0.6 is 40.7 Å². The molecule has 0 nitrogen and oxygen atoms in total. The van der Waals surface area contributed by atoms with Gasteiger partial charge in [0.1, 0.15) is 0 Å². The van der Waals surface area contributed by atoms with Gasteiger partial charge >= 0.3 is 298 Å². The zero-order chi connectivity index (χ0) is 34.3. The Kier molecular flexibility index (Phi) is 11.4. The third-order valence-corrected chi connectivity index (χ3v) is 29.4. The molecule has 0 radical (unpaired) electrons. The summed E-state index contributed by atoms with van der Waals surface area (Å²) in [5.74, 6) is 0.488. The van der Waals surface area contributed by atoms with Crippen LogP contribution in [-0.4, -0.2) is 6.88 Å². The molecule has 0 amide bonds. The Hall–Kier alpha value is -1.48. The van der Waals surface area contributed by atoms with Gasteiger partial charge in [0.2, 0.25) is 0 Å². The van der Waals surface area contributed by atoms with Crippen LogP contribution < -0.4 is 0 Å². The van der Waals surface area contributed by atoms with E-state index in [1.165, 1.54) is 60.1 Å². The molecule has 260 valence electrons. The molecule has 49 heavy (non-hydrogen) atoms. The monoisotopic (exact) mass is 850 g/mol. The van der Waals surface area contributed by atoms with Crippen molar-refractivity contribution in [3.05, 3.63) is 128 Å². The van der Waals surface area contributed by atoms with Crippen molar-refractivity contribution in [1.29, 1.82) is 0 Å². The maximum absolute atomic E-state index is 4.11. The number of benzene rings is 4. The third kappa shape index (κ3) is 7.15. The van der Waals surface area contributed by atoms with Crippen molar-refractivity contribution in [3.63, 3.8) is 0 Å². The van der Waals surface area contributed by atoms with Gasteiger partial charge in [-0.1, -0.05) is 0 Å². The number of halogens is 3. The van der Waals surface area contributed by atoms with Crippen LogP contribution in [0.2, 0.25) is 9.26 Å². The van der Waals surface area contributed by atoms with E-state index in [1.807, 2.05) is 0 Å². The summed E-state index contributed by atoms with van der Waals surface area (Å²) in [6.07, 6.45) is 5.14. The second-order valence-corrected chi connectivity index (χ2v) is 49.2. The third-order valence-electron chi connectivity index (χ3n) is 11.1. The van der Waals surface area contributed by atoms with Crippen molar-refractivity contribution in [2.75, 3.05) is 0 Å². The number of hydrogen-bond acceptors (Lipinski definition) is 0. The number of rotatable bonds is 5. The molecule has 2 unspecified atom stereocenters. The molecule has 0 saturated carbocycles. The first-order valence-corrected chi connectivity index (χ1v) is 31.9. The van der Waals surface area contributed by atoms with Gasteiger partial charge in [-0.2, -0.15) is 0 Å². The standard InChI is InChI=1S/C22H25.C20H20Br.2CH3.2ClH.H2Si.Zr/c1-15(2)18-13-17-7-6-8-20(21(17)14-18)16-9-11-19(12-10-16)22(3,4)5;1-13-11-17-16(9-10-19(21)18(17)12-13)14-5-7-15(8-6-14)20(2,3)4;;;;;;/h6-15H,1-5H3;5-12H,1-4H3;2*1H3;2*1H;1H2;. The predicted molar refractivity (Wildman–Crippen MR) is 226 cm³/mol. The SMILES string of the molecule is CC1=Cc2c(-c3ccc(C(C)(C)C)cc3)ccc(Br)c2[CH]1[Zr]([CH3])([CH3])(=[SiH2])[CH]1C(C(C)C)=Cc2c(-c3ccc(C(C)(C)C)cc3)cccc21.Cl.Cl. The first-order valence-electron chi connectivity index (χ1n) is 17.4. The van der Waals surface area contributed by atoms with Gasteiger partial charge in [0.15, 0.2) is 0 Å². The van der Waals surface area contributed by atoms with Gasteiger partial charge in [-0.15, -0.1) is 24.8 Å². The summed E-state index contributed by atoms with van der Waals surface area (Å²) in [6, 6.07) is 30.4. The van der Waals surface area contributed by atoms with Gasteiger partial charge < -0.3 is 0 Å². The number of fused-ring (bicyclic) bond motifs is 2. The number of allylic oxidation sites excluding steroid dienone is 2. The minimum absolute atomic E-state index is 0. The fourth-order valence-electron chi connectivity index (χ4n) is 8.77. The van der Waals surface area contributed by atoms with E-state index in [9.17, 15) is 0 Å². The van der Waals surface area contributed by atoms with Gasteiger partial charge in [0.25, 0.3) is 0 Å². The fraction of sp³-hybridized carbons (Fsp3) is 0.364. The first-order chi connectivity index (χ1) is 21.8. The summed E-state index contributed by atoms with van der Waals surface area (Å²) >= 11 is 0.369. The van der Waals surface area contributed by atoms with E-state index < -0.39 is 17.4 Å². The van der Waals surface area contributed by atoms with E-state index in [-0.39, 0.29) is 35.6 Å². The second kappa shape index (κ2) is 13.8. The molecule has 4 aromatic carbocycles. The van der Waals surface area contributed by atoms with Crippen LogP contribution in [-0.2, 0) is 28.2 Å². The second-order valence-electron chi connectivity index (χ2n) is 17.9. The Morgan fingerprint density at radius 3 is 1.61 bits per heavy atom. The molecular weight excluding hydrogens is 799 g/mol. The Bertz CT molecular complexity index is 2010. The van der Waals surface area contributed by atoms with Gasteiger partial charge in [-0.25, -0.2) is 0 Å². The molecule has 0 saturated heterocycles. The Balaban J connectivity index is 0.00000270. The predicted octanol–water partition coefficient (Wildman–Crippen LogP) is 13.8. The van der Waals surface area contributed by atoms with Crippen LogP contribution in [0, 0.1) is 5.92 Å². The fourth-order valence-corrected chi connectivity index (χ4v) is 30.3. The summed E-state index contributed by atoms with van der Waals surface area (Å²) in [5, 5.41) is 0. The zero-order valence-electron chi connectivity index (χ0n) is 31.3. The van der Waals surface area contributed by atoms with Crippen LogP contribution in [0.15, 0.2) is 94.5 Å². The Morgan fingerprint density at radius 2 is 1.14 bits per heavy atom. The molecule has 0 heterocycles. The molecule has 2 aliphatic rings. The van der Waals surface area contributed by atoms with Gasteiger partial charge in [-0.05, 0) is 0 Å². The van der Waals surface area contributed by atoms with E-state index >= 15 is 0 Å². The molecule has 4 aromatic rings. The summed E-state index contributed by atoms with van der Waals surface area (Å²) in [5.41, 5.74) is 17.5. The molecule has 0 aromatic heterocycles. The smallest absolute Gasteiger partial charge is 0.147 e. The Morgan fingerprint density at radius 1 is 0.653 bits per heavy atom. The van der Waals surface area contributed by atoms with Crippen LogP contribution in [0.5, 0.6) is 0 Å². The Labute approximate surface area is 320 Å². The van der Waals surface area contributed by atoms with Crippen molar-refractivity contribution < 1.29 is 17.4 Å². The minimum atomic E-state index is -3.74. The van der Waals surface area contributed by atoms with E-state index in [1.54, 1.807) is 11.1 Å². The van der Waals surface area contributed by atoms with Crippen molar-refractivity contribution in [1.82, 2.24) is 0 Å². The van der Waals surface area contributed by atoms with E-state index in [4.69, 9.17) is 0 Å². The van der Waals surface area contributed by atoms with Crippen LogP contribution in [0.3, 0.4) is 0 Å². The quantitative estimate of drug-likeness (QED) is 0.176. The van der Waals surface area contributed by atoms with E-state index in [0.29, 0.717) is 13.2 Å². The average Bonchev–Trinajstić information content (AvgIpc) is 3.57. The maximum atomic E-state index is 4.11. The summed E-state index contributed by atoms with van der Waals surface area (Å²) in [4.78, 5) is 0. The van der Waals surface area contributed by atoms with Gasteiger partial charge in [0.05, 0.1) is 0 Å². The molecule has 5 heteroatoms. The summed E-state index contributed by atoms with van der Waals surface area (Å²) in [7, 11) is 0. The topological polar surface area (TPSA) is 0 Å². The summed E-state index contributed by atoms with van der Waals surface area (Å²) < 4.78 is 7.72. The zero-order valence-corrected chi connectivity index (χ0v) is 38.4. The van der Waals surface area contributed by atoms with E-state index in [2.05, 4.69) is 185 Å². The molecule has 0 bridgehead atoms. The average molecular weight is 854 g/mol. The number of hydrogen-bond donors (Lipinski definition) is 0. The molecule has 2 atom stereocenters. The maximum Gasteiger partial charge on any atom is -0.147 e. The molecule has 0 fully saturated rings. The van der Waals surface area contributed by atoms with Crippen LogP contribution in [0.1, 0.15) is 103 Å². The van der Waals surface area contributed by atoms with Crippen LogP contribution in [0.4, 0.5) is 0 Å². The molecule has 0 N–H and O–H groups in total. The normalized spacial score (nSPS) is 17.5.